The van der Waals surface area contributed by atoms with Crippen molar-refractivity contribution in [2.75, 3.05) is 0 Å². The summed E-state index contributed by atoms with van der Waals surface area (Å²) in [4.78, 5) is 23.6. The smallest absolute Gasteiger partial charge is 0.134 e. The lowest BCUT2D eigenvalue weighted by molar-refractivity contribution is -0.117. The number of hydrogen-bond acceptors (Lipinski definition) is 3. The van der Waals surface area contributed by atoms with Crippen LogP contribution in [-0.4, -0.2) is 15.8 Å². The quantitative estimate of drug-likeness (QED) is 0.823. The third kappa shape index (κ3) is 4.46. The van der Waals surface area contributed by atoms with E-state index < -0.39 is 10.8 Å². The number of rotatable bonds is 6. The summed E-state index contributed by atoms with van der Waals surface area (Å²) in [6.45, 7) is 3.10. The van der Waals surface area contributed by atoms with E-state index in [9.17, 15) is 13.8 Å². The van der Waals surface area contributed by atoms with Crippen LogP contribution in [0.15, 0.2) is 58.3 Å². The van der Waals surface area contributed by atoms with Gasteiger partial charge in [0.15, 0.2) is 0 Å². The second-order valence-corrected chi connectivity index (χ2v) is 6.79. The van der Waals surface area contributed by atoms with E-state index in [4.69, 9.17) is 0 Å². The first kappa shape index (κ1) is 16.3. The van der Waals surface area contributed by atoms with Gasteiger partial charge in [-0.05, 0) is 49.2 Å². The summed E-state index contributed by atoms with van der Waals surface area (Å²) in [6, 6.07) is 14.5. The molecular formula is C18H18O3S. The maximum absolute atomic E-state index is 12.5. The van der Waals surface area contributed by atoms with Crippen molar-refractivity contribution in [1.29, 1.82) is 0 Å². The fourth-order valence-electron chi connectivity index (χ4n) is 2.17. The van der Waals surface area contributed by atoms with E-state index in [1.165, 1.54) is 0 Å². The van der Waals surface area contributed by atoms with E-state index in [0.717, 1.165) is 11.1 Å². The van der Waals surface area contributed by atoms with Gasteiger partial charge >= 0.3 is 0 Å². The van der Waals surface area contributed by atoms with Gasteiger partial charge in [0, 0.05) is 22.6 Å². The highest BCUT2D eigenvalue weighted by Crippen LogP contribution is 2.18. The summed E-state index contributed by atoms with van der Waals surface area (Å²) in [7, 11) is -1.26. The molecule has 2 aromatic rings. The van der Waals surface area contributed by atoms with Crippen LogP contribution in [-0.2, 0) is 33.2 Å². The molecule has 0 spiro atoms. The Hall–Kier alpha value is -2.07. The first-order valence-electron chi connectivity index (χ1n) is 7.04. The van der Waals surface area contributed by atoms with Crippen molar-refractivity contribution >= 4 is 22.4 Å². The van der Waals surface area contributed by atoms with Crippen molar-refractivity contribution in [3.05, 3.63) is 59.7 Å². The Morgan fingerprint density at radius 2 is 1.05 bits per heavy atom. The van der Waals surface area contributed by atoms with Crippen LogP contribution in [0.3, 0.4) is 0 Å². The van der Waals surface area contributed by atoms with Gasteiger partial charge in [0.05, 0.1) is 10.8 Å². The molecule has 0 heterocycles. The molecule has 3 nitrogen and oxygen atoms in total. The van der Waals surface area contributed by atoms with Crippen LogP contribution in [0.5, 0.6) is 0 Å². The third-order valence-electron chi connectivity index (χ3n) is 3.18. The molecule has 0 unspecified atom stereocenters. The molecule has 4 heteroatoms. The monoisotopic (exact) mass is 314 g/mol. The summed E-state index contributed by atoms with van der Waals surface area (Å²) in [6.07, 6.45) is 0.791. The molecule has 0 amide bonds. The molecular weight excluding hydrogens is 296 g/mol. The summed E-state index contributed by atoms with van der Waals surface area (Å²) < 4.78 is 12.5. The first-order valence-corrected chi connectivity index (χ1v) is 8.19. The van der Waals surface area contributed by atoms with Crippen LogP contribution in [0.1, 0.15) is 25.0 Å². The van der Waals surface area contributed by atoms with Crippen LogP contribution >= 0.6 is 0 Å². The molecule has 0 aliphatic carbocycles. The number of carbonyl (C=O) groups excluding carboxylic acids is 2. The minimum Gasteiger partial charge on any atom is -0.300 e. The van der Waals surface area contributed by atoms with Crippen LogP contribution < -0.4 is 0 Å². The summed E-state index contributed by atoms with van der Waals surface area (Å²) in [5.74, 6) is 0.213. The Labute approximate surface area is 132 Å². The number of Topliss-reactive ketones (excluding diaryl/α,β-unsaturated/α-hetero) is 2. The Kier molecular flexibility index (Phi) is 5.39. The number of ketones is 2. The van der Waals surface area contributed by atoms with E-state index >= 15 is 0 Å². The van der Waals surface area contributed by atoms with Gasteiger partial charge in [-0.25, -0.2) is 4.21 Å². The van der Waals surface area contributed by atoms with Crippen LogP contribution in [0.25, 0.3) is 0 Å². The third-order valence-corrected chi connectivity index (χ3v) is 4.58. The molecule has 114 valence electrons. The van der Waals surface area contributed by atoms with Gasteiger partial charge in [-0.1, -0.05) is 24.3 Å². The van der Waals surface area contributed by atoms with Crippen molar-refractivity contribution in [3.8, 4) is 0 Å². The highest BCUT2D eigenvalue weighted by molar-refractivity contribution is 7.85. The molecule has 0 aliphatic heterocycles. The lowest BCUT2D eigenvalue weighted by atomic mass is 10.1. The average molecular weight is 314 g/mol. The summed E-state index contributed by atoms with van der Waals surface area (Å²) in [5.41, 5.74) is 1.84. The number of carbonyl (C=O) groups is 2. The highest BCUT2D eigenvalue weighted by atomic mass is 32.2. The van der Waals surface area contributed by atoms with E-state index in [2.05, 4.69) is 0 Å². The standard InChI is InChI=1S/C18H18O3S/c1-13(19)11-15-3-7-17(8-4-15)22(21)18-9-5-16(6-10-18)12-14(2)20/h3-10H,11-12H2,1-2H3. The normalized spacial score (nSPS) is 10.7. The van der Waals surface area contributed by atoms with E-state index in [0.29, 0.717) is 22.6 Å². The molecule has 0 fully saturated rings. The molecule has 0 bridgehead atoms. The number of benzene rings is 2. The molecule has 2 aromatic carbocycles. The Bertz CT molecular complexity index is 639. The minimum absolute atomic E-state index is 0.106. The van der Waals surface area contributed by atoms with Gasteiger partial charge in [-0.2, -0.15) is 0 Å². The Balaban J connectivity index is 2.13. The maximum atomic E-state index is 12.5. The molecule has 0 aromatic heterocycles. The van der Waals surface area contributed by atoms with Gasteiger partial charge in [0.2, 0.25) is 0 Å². The van der Waals surface area contributed by atoms with E-state index in [1.807, 2.05) is 24.3 Å². The fourth-order valence-corrected chi connectivity index (χ4v) is 3.21. The van der Waals surface area contributed by atoms with Crippen LogP contribution in [0.2, 0.25) is 0 Å². The average Bonchev–Trinajstić information content (AvgIpc) is 2.47. The zero-order valence-electron chi connectivity index (χ0n) is 12.7. The second kappa shape index (κ2) is 7.27. The Morgan fingerprint density at radius 1 is 0.727 bits per heavy atom. The molecule has 0 saturated heterocycles. The highest BCUT2D eigenvalue weighted by Gasteiger charge is 2.08. The van der Waals surface area contributed by atoms with E-state index in [-0.39, 0.29) is 11.6 Å². The van der Waals surface area contributed by atoms with Crippen molar-refractivity contribution in [2.24, 2.45) is 0 Å². The van der Waals surface area contributed by atoms with Crippen molar-refractivity contribution in [1.82, 2.24) is 0 Å². The molecule has 0 aliphatic rings. The molecule has 0 atom stereocenters. The zero-order chi connectivity index (χ0) is 16.1. The largest absolute Gasteiger partial charge is 0.300 e. The van der Waals surface area contributed by atoms with Gasteiger partial charge in [-0.15, -0.1) is 0 Å². The zero-order valence-corrected chi connectivity index (χ0v) is 13.5. The topological polar surface area (TPSA) is 51.2 Å². The molecule has 0 radical (unpaired) electrons. The van der Waals surface area contributed by atoms with Gasteiger partial charge in [0.1, 0.15) is 11.6 Å². The molecule has 0 saturated carbocycles. The lowest BCUT2D eigenvalue weighted by Crippen LogP contribution is -1.99. The van der Waals surface area contributed by atoms with Crippen molar-refractivity contribution in [2.45, 2.75) is 36.5 Å². The summed E-state index contributed by atoms with van der Waals surface area (Å²) in [5, 5.41) is 0. The Morgan fingerprint density at radius 3 is 1.32 bits per heavy atom. The van der Waals surface area contributed by atoms with E-state index in [1.54, 1.807) is 38.1 Å². The van der Waals surface area contributed by atoms with Crippen molar-refractivity contribution < 1.29 is 13.8 Å². The van der Waals surface area contributed by atoms with Crippen LogP contribution in [0, 0.1) is 0 Å². The molecule has 0 N–H and O–H groups in total. The second-order valence-electron chi connectivity index (χ2n) is 5.31. The van der Waals surface area contributed by atoms with Crippen LogP contribution in [0.4, 0.5) is 0 Å². The predicted molar refractivity (Wildman–Crippen MR) is 86.3 cm³/mol. The van der Waals surface area contributed by atoms with Gasteiger partial charge < -0.3 is 0 Å². The lowest BCUT2D eigenvalue weighted by Gasteiger charge is -2.05. The number of hydrogen-bond donors (Lipinski definition) is 0. The minimum atomic E-state index is -1.26. The SMILES string of the molecule is CC(=O)Cc1ccc(S(=O)c2ccc(CC(C)=O)cc2)cc1. The maximum Gasteiger partial charge on any atom is 0.134 e. The molecule has 22 heavy (non-hydrogen) atoms. The van der Waals surface area contributed by atoms with Crippen molar-refractivity contribution in [3.63, 3.8) is 0 Å². The summed E-state index contributed by atoms with van der Waals surface area (Å²) >= 11 is 0. The van der Waals surface area contributed by atoms with Gasteiger partial charge in [0.25, 0.3) is 0 Å². The predicted octanol–water partition coefficient (Wildman–Crippen LogP) is 3.12. The first-order chi connectivity index (χ1) is 10.5. The fraction of sp³-hybridized carbons (Fsp3) is 0.222. The molecule has 2 rings (SSSR count). The van der Waals surface area contributed by atoms with Gasteiger partial charge in [-0.3, -0.25) is 9.59 Å².